The predicted molar refractivity (Wildman–Crippen MR) is 85.5 cm³/mol. The van der Waals surface area contributed by atoms with Gasteiger partial charge in [0.05, 0.1) is 0 Å². The minimum absolute atomic E-state index is 0.0837. The Bertz CT molecular complexity index is 885. The van der Waals surface area contributed by atoms with E-state index >= 15 is 0 Å². The number of para-hydroxylation sites is 1. The summed E-state index contributed by atoms with van der Waals surface area (Å²) in [4.78, 5) is 25.4. The van der Waals surface area contributed by atoms with E-state index in [2.05, 4.69) is 11.5 Å². The normalized spacial score (nSPS) is 14.8. The minimum Gasteiger partial charge on any atom is -0.347 e. The highest BCUT2D eigenvalue weighted by atomic mass is 16.2. The maximum atomic E-state index is 12.7. The van der Waals surface area contributed by atoms with E-state index in [1.54, 1.807) is 12.1 Å². The Morgan fingerprint density at radius 1 is 0.909 bits per heavy atom. The molecule has 0 N–H and O–H groups in total. The number of fused-ring (bicyclic) bond motifs is 2. The number of carbonyl (C=O) groups is 2. The number of hydrogen-bond donors (Lipinski definition) is 0. The van der Waals surface area contributed by atoms with Crippen molar-refractivity contribution in [2.75, 3.05) is 0 Å². The summed E-state index contributed by atoms with van der Waals surface area (Å²) in [6, 6.07) is 15.0. The first kappa shape index (κ1) is 13.0. The number of nitrogens with zero attached hydrogens (tertiary/aromatic N) is 1. The molecule has 1 aliphatic rings. The lowest BCUT2D eigenvalue weighted by molar-refractivity contribution is 0.0890. The zero-order chi connectivity index (χ0) is 15.3. The monoisotopic (exact) mass is 289 g/mol. The van der Waals surface area contributed by atoms with E-state index in [0.717, 1.165) is 23.0 Å². The molecule has 1 aromatic heterocycles. The Balaban J connectivity index is 1.94. The molecular weight excluding hydrogens is 274 g/mol. The second-order valence-electron chi connectivity index (χ2n) is 5.59. The number of benzene rings is 2. The van der Waals surface area contributed by atoms with E-state index in [0.29, 0.717) is 11.1 Å². The van der Waals surface area contributed by atoms with Gasteiger partial charge in [-0.3, -0.25) is 9.59 Å². The molecule has 0 radical (unpaired) electrons. The van der Waals surface area contributed by atoms with Gasteiger partial charge in [-0.25, -0.2) is 0 Å². The van der Waals surface area contributed by atoms with Crippen molar-refractivity contribution in [2.24, 2.45) is 0 Å². The number of aromatic nitrogens is 1. The summed E-state index contributed by atoms with van der Waals surface area (Å²) >= 11 is 0. The van der Waals surface area contributed by atoms with E-state index < -0.39 is 5.92 Å². The Labute approximate surface area is 128 Å². The van der Waals surface area contributed by atoms with Crippen molar-refractivity contribution in [1.82, 2.24) is 4.57 Å². The van der Waals surface area contributed by atoms with Gasteiger partial charge >= 0.3 is 0 Å². The molecule has 1 heterocycles. The molecule has 2 aromatic carbocycles. The smallest absolute Gasteiger partial charge is 0.178 e. The Morgan fingerprint density at radius 3 is 2.14 bits per heavy atom. The zero-order valence-electron chi connectivity index (χ0n) is 12.2. The second-order valence-corrected chi connectivity index (χ2v) is 5.59. The summed E-state index contributed by atoms with van der Waals surface area (Å²) in [7, 11) is 0. The summed E-state index contributed by atoms with van der Waals surface area (Å²) in [5.74, 6) is -0.866. The molecule has 108 valence electrons. The van der Waals surface area contributed by atoms with E-state index in [-0.39, 0.29) is 11.6 Å². The van der Waals surface area contributed by atoms with Crippen molar-refractivity contribution in [1.29, 1.82) is 0 Å². The fourth-order valence-electron chi connectivity index (χ4n) is 3.39. The standard InChI is InChI=1S/C19H15NO2/c1-2-20-11-15(12-7-5-6-10-16(12)20)17-18(21)13-8-3-4-9-14(13)19(17)22/h3-11,17H,2H2,1H3. The van der Waals surface area contributed by atoms with Crippen molar-refractivity contribution >= 4 is 22.5 Å². The molecule has 0 aliphatic heterocycles. The molecule has 3 aromatic rings. The van der Waals surface area contributed by atoms with E-state index in [1.165, 1.54) is 0 Å². The van der Waals surface area contributed by atoms with Crippen LogP contribution in [0.2, 0.25) is 0 Å². The number of carbonyl (C=O) groups excluding carboxylic acids is 2. The lowest BCUT2D eigenvalue weighted by Gasteiger charge is -2.05. The van der Waals surface area contributed by atoms with Crippen LogP contribution in [0.15, 0.2) is 54.7 Å². The molecule has 0 unspecified atom stereocenters. The third-order valence-corrected chi connectivity index (χ3v) is 4.45. The van der Waals surface area contributed by atoms with Gasteiger partial charge in [-0.2, -0.15) is 0 Å². The fraction of sp³-hybridized carbons (Fsp3) is 0.158. The third kappa shape index (κ3) is 1.62. The highest BCUT2D eigenvalue weighted by Crippen LogP contribution is 2.37. The average Bonchev–Trinajstić information content (AvgIpc) is 3.04. The quantitative estimate of drug-likeness (QED) is 0.673. The lowest BCUT2D eigenvalue weighted by atomic mass is 9.94. The summed E-state index contributed by atoms with van der Waals surface area (Å²) in [6.45, 7) is 2.87. The molecule has 0 saturated heterocycles. The van der Waals surface area contributed by atoms with Crippen LogP contribution in [-0.2, 0) is 6.54 Å². The largest absolute Gasteiger partial charge is 0.347 e. The lowest BCUT2D eigenvalue weighted by Crippen LogP contribution is -2.12. The van der Waals surface area contributed by atoms with Crippen LogP contribution < -0.4 is 0 Å². The first-order chi connectivity index (χ1) is 10.7. The Kier molecular flexibility index (Phi) is 2.76. The molecule has 3 heteroatoms. The molecule has 0 bridgehead atoms. The molecule has 0 fully saturated rings. The van der Waals surface area contributed by atoms with E-state index in [9.17, 15) is 9.59 Å². The third-order valence-electron chi connectivity index (χ3n) is 4.45. The van der Waals surface area contributed by atoms with Gasteiger partial charge in [0.1, 0.15) is 5.92 Å². The van der Waals surface area contributed by atoms with Crippen LogP contribution in [0.3, 0.4) is 0 Å². The molecule has 0 atom stereocenters. The molecule has 4 rings (SSSR count). The molecule has 0 saturated carbocycles. The van der Waals surface area contributed by atoms with E-state index in [4.69, 9.17) is 0 Å². The number of aryl methyl sites for hydroxylation is 1. The first-order valence-electron chi connectivity index (χ1n) is 7.47. The Hall–Kier alpha value is -2.68. The van der Waals surface area contributed by atoms with Gasteiger partial charge in [0, 0.05) is 34.8 Å². The van der Waals surface area contributed by atoms with Gasteiger partial charge in [-0.15, -0.1) is 0 Å². The SMILES string of the molecule is CCn1cc(C2C(=O)c3ccccc3C2=O)c2ccccc21. The van der Waals surface area contributed by atoms with Crippen molar-refractivity contribution in [3.05, 3.63) is 71.4 Å². The van der Waals surface area contributed by atoms with Crippen molar-refractivity contribution in [2.45, 2.75) is 19.4 Å². The predicted octanol–water partition coefficient (Wildman–Crippen LogP) is 3.82. The zero-order valence-corrected chi connectivity index (χ0v) is 12.2. The number of hydrogen-bond acceptors (Lipinski definition) is 2. The summed E-state index contributed by atoms with van der Waals surface area (Å²) in [6.07, 6.45) is 1.96. The summed E-state index contributed by atoms with van der Waals surface area (Å²) in [5, 5.41) is 0.990. The van der Waals surface area contributed by atoms with Crippen LogP contribution >= 0.6 is 0 Å². The van der Waals surface area contributed by atoms with Gasteiger partial charge in [-0.1, -0.05) is 42.5 Å². The van der Waals surface area contributed by atoms with Crippen molar-refractivity contribution < 1.29 is 9.59 Å². The second kappa shape index (κ2) is 4.67. The average molecular weight is 289 g/mol. The van der Waals surface area contributed by atoms with Crippen molar-refractivity contribution in [3.8, 4) is 0 Å². The summed E-state index contributed by atoms with van der Waals surface area (Å²) in [5.41, 5.74) is 2.98. The molecule has 3 nitrogen and oxygen atoms in total. The van der Waals surface area contributed by atoms with Crippen molar-refractivity contribution in [3.63, 3.8) is 0 Å². The topological polar surface area (TPSA) is 39.1 Å². The maximum Gasteiger partial charge on any atom is 0.178 e. The first-order valence-corrected chi connectivity index (χ1v) is 7.47. The summed E-state index contributed by atoms with van der Waals surface area (Å²) < 4.78 is 2.09. The van der Waals surface area contributed by atoms with Crippen LogP contribution in [0.1, 0.15) is 39.1 Å². The highest BCUT2D eigenvalue weighted by molar-refractivity contribution is 6.30. The molecular formula is C19H15NO2. The molecule has 0 spiro atoms. The fourth-order valence-corrected chi connectivity index (χ4v) is 3.39. The maximum absolute atomic E-state index is 12.7. The van der Waals surface area contributed by atoms with Gasteiger partial charge in [0.15, 0.2) is 11.6 Å². The van der Waals surface area contributed by atoms with Gasteiger partial charge in [0.25, 0.3) is 0 Å². The van der Waals surface area contributed by atoms with Gasteiger partial charge in [-0.05, 0) is 18.6 Å². The van der Waals surface area contributed by atoms with Gasteiger partial charge in [0.2, 0.25) is 0 Å². The van der Waals surface area contributed by atoms with E-state index in [1.807, 2.05) is 42.6 Å². The number of Topliss-reactive ketones (excluding diaryl/α,β-unsaturated/α-hetero) is 2. The van der Waals surface area contributed by atoms with Crippen LogP contribution in [0.4, 0.5) is 0 Å². The Morgan fingerprint density at radius 2 is 1.50 bits per heavy atom. The number of ketones is 2. The van der Waals surface area contributed by atoms with Crippen LogP contribution in [0.25, 0.3) is 10.9 Å². The van der Waals surface area contributed by atoms with Gasteiger partial charge < -0.3 is 4.57 Å². The highest BCUT2D eigenvalue weighted by Gasteiger charge is 2.40. The van der Waals surface area contributed by atoms with Crippen LogP contribution in [0, 0.1) is 0 Å². The van der Waals surface area contributed by atoms with Crippen LogP contribution in [-0.4, -0.2) is 16.1 Å². The minimum atomic E-state index is -0.699. The molecule has 22 heavy (non-hydrogen) atoms. The number of rotatable bonds is 2. The van der Waals surface area contributed by atoms with Crippen LogP contribution in [0.5, 0.6) is 0 Å². The molecule has 1 aliphatic carbocycles. The molecule has 0 amide bonds.